The number of carbonyl (C=O) groups is 1. The van der Waals surface area contributed by atoms with Crippen LogP contribution in [0.4, 0.5) is 0 Å². The number of amides is 1. The summed E-state index contributed by atoms with van der Waals surface area (Å²) in [6.07, 6.45) is 3.33. The predicted octanol–water partition coefficient (Wildman–Crippen LogP) is 0.524. The minimum Gasteiger partial charge on any atom is -0.340 e. The average Bonchev–Trinajstić information content (AvgIpc) is 2.29. The Morgan fingerprint density at radius 3 is 2.41 bits per heavy atom. The van der Waals surface area contributed by atoms with Gasteiger partial charge < -0.3 is 15.5 Å². The highest BCUT2D eigenvalue weighted by atomic mass is 16.2. The molecule has 1 saturated carbocycles. The number of piperazine rings is 1. The zero-order chi connectivity index (χ0) is 12.4. The largest absolute Gasteiger partial charge is 0.340 e. The first-order chi connectivity index (χ1) is 8.09. The van der Waals surface area contributed by atoms with E-state index in [1.807, 2.05) is 4.90 Å². The van der Waals surface area contributed by atoms with E-state index < -0.39 is 0 Å². The van der Waals surface area contributed by atoms with Crippen molar-refractivity contribution in [3.8, 4) is 0 Å². The maximum Gasteiger partial charge on any atom is 0.227 e. The van der Waals surface area contributed by atoms with Crippen LogP contribution in [-0.4, -0.2) is 55.0 Å². The van der Waals surface area contributed by atoms with Gasteiger partial charge in [0, 0.05) is 32.2 Å². The molecule has 1 aliphatic heterocycles. The molecule has 3 unspecified atom stereocenters. The topological polar surface area (TPSA) is 49.6 Å². The van der Waals surface area contributed by atoms with Crippen molar-refractivity contribution in [2.24, 2.45) is 17.6 Å². The van der Waals surface area contributed by atoms with Gasteiger partial charge in [0.15, 0.2) is 0 Å². The van der Waals surface area contributed by atoms with Gasteiger partial charge in [-0.3, -0.25) is 4.79 Å². The number of nitrogens with zero attached hydrogens (tertiary/aromatic N) is 2. The molecule has 2 aliphatic rings. The van der Waals surface area contributed by atoms with Gasteiger partial charge in [-0.1, -0.05) is 13.3 Å². The third kappa shape index (κ3) is 2.80. The quantitative estimate of drug-likeness (QED) is 0.726. The lowest BCUT2D eigenvalue weighted by Crippen LogP contribution is -2.54. The van der Waals surface area contributed by atoms with Crippen LogP contribution in [0.1, 0.15) is 26.2 Å². The molecule has 2 rings (SSSR count). The summed E-state index contributed by atoms with van der Waals surface area (Å²) in [5, 5.41) is 0. The van der Waals surface area contributed by atoms with E-state index in [9.17, 15) is 4.79 Å². The van der Waals surface area contributed by atoms with Crippen molar-refractivity contribution < 1.29 is 4.79 Å². The Balaban J connectivity index is 1.98. The van der Waals surface area contributed by atoms with Gasteiger partial charge >= 0.3 is 0 Å². The van der Waals surface area contributed by atoms with Crippen LogP contribution in [-0.2, 0) is 4.79 Å². The highest BCUT2D eigenvalue weighted by Crippen LogP contribution is 2.30. The summed E-state index contributed by atoms with van der Waals surface area (Å²) in [5.74, 6) is 0.816. The summed E-state index contributed by atoms with van der Waals surface area (Å²) in [4.78, 5) is 16.8. The van der Waals surface area contributed by atoms with E-state index in [0.29, 0.717) is 11.8 Å². The summed E-state index contributed by atoms with van der Waals surface area (Å²) in [7, 11) is 2.11. The third-order valence-corrected chi connectivity index (χ3v) is 4.37. The fourth-order valence-corrected chi connectivity index (χ4v) is 3.12. The number of rotatable bonds is 1. The van der Waals surface area contributed by atoms with Gasteiger partial charge in [0.05, 0.1) is 5.92 Å². The third-order valence-electron chi connectivity index (χ3n) is 4.37. The number of likely N-dealkylation sites (N-methyl/N-ethyl adjacent to an activating group) is 1. The number of hydrogen-bond acceptors (Lipinski definition) is 3. The van der Waals surface area contributed by atoms with Gasteiger partial charge in [0.1, 0.15) is 0 Å². The predicted molar refractivity (Wildman–Crippen MR) is 68.6 cm³/mol. The molecule has 1 saturated heterocycles. The Hall–Kier alpha value is -0.610. The van der Waals surface area contributed by atoms with Crippen molar-refractivity contribution >= 4 is 5.91 Å². The Morgan fingerprint density at radius 1 is 1.18 bits per heavy atom. The molecular formula is C13H25N3O. The summed E-state index contributed by atoms with van der Waals surface area (Å²) in [6.45, 7) is 5.89. The van der Waals surface area contributed by atoms with Gasteiger partial charge in [-0.25, -0.2) is 0 Å². The van der Waals surface area contributed by atoms with Gasteiger partial charge in [0.2, 0.25) is 5.91 Å². The smallest absolute Gasteiger partial charge is 0.227 e. The Kier molecular flexibility index (Phi) is 4.05. The monoisotopic (exact) mass is 239 g/mol. The van der Waals surface area contributed by atoms with Crippen LogP contribution in [0.2, 0.25) is 0 Å². The second-order valence-electron chi connectivity index (χ2n) is 5.73. The van der Waals surface area contributed by atoms with Crippen LogP contribution in [0.3, 0.4) is 0 Å². The molecule has 2 fully saturated rings. The molecule has 0 aromatic heterocycles. The molecule has 98 valence electrons. The molecule has 17 heavy (non-hydrogen) atoms. The molecule has 4 nitrogen and oxygen atoms in total. The fourth-order valence-electron chi connectivity index (χ4n) is 3.12. The minimum atomic E-state index is 0.0622. The summed E-state index contributed by atoms with van der Waals surface area (Å²) >= 11 is 0. The van der Waals surface area contributed by atoms with Crippen LogP contribution in [0.15, 0.2) is 0 Å². The lowest BCUT2D eigenvalue weighted by atomic mass is 9.76. The summed E-state index contributed by atoms with van der Waals surface area (Å²) in [6, 6.07) is 0.0749. The lowest BCUT2D eigenvalue weighted by Gasteiger charge is -2.39. The van der Waals surface area contributed by atoms with Crippen LogP contribution >= 0.6 is 0 Å². The van der Waals surface area contributed by atoms with E-state index in [4.69, 9.17) is 5.73 Å². The van der Waals surface area contributed by atoms with E-state index in [-0.39, 0.29) is 12.0 Å². The maximum absolute atomic E-state index is 12.5. The molecule has 0 aromatic carbocycles. The van der Waals surface area contributed by atoms with Crippen LogP contribution in [0, 0.1) is 11.8 Å². The SMILES string of the molecule is CC1CCCC(N)C1C(=O)N1CCN(C)CC1. The molecule has 2 N–H and O–H groups in total. The molecule has 4 heteroatoms. The summed E-state index contributed by atoms with van der Waals surface area (Å²) in [5.41, 5.74) is 6.15. The van der Waals surface area contributed by atoms with Crippen LogP contribution in [0.25, 0.3) is 0 Å². The molecule has 0 spiro atoms. The van der Waals surface area contributed by atoms with Crippen LogP contribution < -0.4 is 5.73 Å². The lowest BCUT2D eigenvalue weighted by molar-refractivity contribution is -0.140. The Morgan fingerprint density at radius 2 is 1.82 bits per heavy atom. The number of hydrogen-bond donors (Lipinski definition) is 1. The Bertz CT molecular complexity index is 264. The number of carbonyl (C=O) groups excluding carboxylic acids is 1. The highest BCUT2D eigenvalue weighted by Gasteiger charge is 2.36. The minimum absolute atomic E-state index is 0.0622. The molecule has 0 radical (unpaired) electrons. The Labute approximate surface area is 104 Å². The zero-order valence-electron chi connectivity index (χ0n) is 11.1. The van der Waals surface area contributed by atoms with Crippen molar-refractivity contribution in [3.05, 3.63) is 0 Å². The molecule has 1 heterocycles. The first kappa shape index (κ1) is 12.8. The first-order valence-corrected chi connectivity index (χ1v) is 6.82. The van der Waals surface area contributed by atoms with Crippen molar-refractivity contribution in [3.63, 3.8) is 0 Å². The van der Waals surface area contributed by atoms with Crippen molar-refractivity contribution in [2.75, 3.05) is 33.2 Å². The first-order valence-electron chi connectivity index (χ1n) is 6.82. The second-order valence-corrected chi connectivity index (χ2v) is 5.73. The van der Waals surface area contributed by atoms with Gasteiger partial charge in [-0.2, -0.15) is 0 Å². The number of nitrogens with two attached hydrogens (primary N) is 1. The van der Waals surface area contributed by atoms with Crippen LogP contribution in [0.5, 0.6) is 0 Å². The molecule has 0 aromatic rings. The van der Waals surface area contributed by atoms with Crippen molar-refractivity contribution in [1.82, 2.24) is 9.80 Å². The fraction of sp³-hybridized carbons (Fsp3) is 0.923. The van der Waals surface area contributed by atoms with Crippen molar-refractivity contribution in [1.29, 1.82) is 0 Å². The van der Waals surface area contributed by atoms with Crippen molar-refractivity contribution in [2.45, 2.75) is 32.2 Å². The average molecular weight is 239 g/mol. The molecular weight excluding hydrogens is 214 g/mol. The van der Waals surface area contributed by atoms with E-state index in [1.54, 1.807) is 0 Å². The maximum atomic E-state index is 12.5. The molecule has 1 aliphatic carbocycles. The molecule has 0 bridgehead atoms. The standard InChI is InChI=1S/C13H25N3O/c1-10-4-3-5-11(14)12(10)13(17)16-8-6-15(2)7-9-16/h10-12H,3-9,14H2,1-2H3. The molecule has 3 atom stereocenters. The highest BCUT2D eigenvalue weighted by molar-refractivity contribution is 5.80. The summed E-state index contributed by atoms with van der Waals surface area (Å²) < 4.78 is 0. The van der Waals surface area contributed by atoms with E-state index in [0.717, 1.165) is 39.0 Å². The van der Waals surface area contributed by atoms with Gasteiger partial charge in [-0.15, -0.1) is 0 Å². The van der Waals surface area contributed by atoms with E-state index in [2.05, 4.69) is 18.9 Å². The molecule has 1 amide bonds. The van der Waals surface area contributed by atoms with E-state index in [1.165, 1.54) is 6.42 Å². The normalized spacial score (nSPS) is 35.9. The van der Waals surface area contributed by atoms with Gasteiger partial charge in [-0.05, 0) is 25.8 Å². The van der Waals surface area contributed by atoms with Gasteiger partial charge in [0.25, 0.3) is 0 Å². The van der Waals surface area contributed by atoms with E-state index >= 15 is 0 Å². The second kappa shape index (κ2) is 5.36. The zero-order valence-corrected chi connectivity index (χ0v) is 11.1.